The van der Waals surface area contributed by atoms with Gasteiger partial charge >= 0.3 is 0 Å². The van der Waals surface area contributed by atoms with E-state index in [1.807, 2.05) is 12.1 Å². The lowest BCUT2D eigenvalue weighted by Crippen LogP contribution is -2.07. The quantitative estimate of drug-likeness (QED) is 0.385. The summed E-state index contributed by atoms with van der Waals surface area (Å²) >= 11 is 6.08. The molecule has 4 rings (SSSR count). The molecule has 4 aromatic carbocycles. The molecule has 0 atom stereocenters. The first-order valence-corrected chi connectivity index (χ1v) is 9.07. The molecule has 0 bridgehead atoms. The van der Waals surface area contributed by atoms with Crippen LogP contribution in [0.25, 0.3) is 33.0 Å². The summed E-state index contributed by atoms with van der Waals surface area (Å²) in [5.74, 6) is 0. The molecular weight excluding hydrogens is 338 g/mol. The van der Waals surface area contributed by atoms with Crippen molar-refractivity contribution in [2.45, 2.75) is 0 Å². The molecule has 26 heavy (non-hydrogen) atoms. The van der Waals surface area contributed by atoms with Gasteiger partial charge in [0.25, 0.3) is 0 Å². The van der Waals surface area contributed by atoms with Crippen molar-refractivity contribution in [2.75, 3.05) is 19.0 Å². The SMILES string of the molecule is CN(C)c1ccc(-c2cccc3cccc(-c4ccc(Cl)cc4)c23)cc1. The van der Waals surface area contributed by atoms with E-state index in [1.54, 1.807) is 0 Å². The normalized spacial score (nSPS) is 10.9. The minimum absolute atomic E-state index is 0.758. The maximum Gasteiger partial charge on any atom is 0.0406 e. The van der Waals surface area contributed by atoms with Crippen LogP contribution in [0.3, 0.4) is 0 Å². The standard InChI is InChI=1S/C24H20ClN/c1-26(2)21-15-11-18(12-16-21)23-8-4-6-19-5-3-7-22(24(19)23)17-9-13-20(25)14-10-17/h3-16H,1-2H3. The second-order valence-corrected chi connectivity index (χ2v) is 7.09. The Morgan fingerprint density at radius 2 is 1.12 bits per heavy atom. The zero-order chi connectivity index (χ0) is 18.1. The molecule has 0 saturated carbocycles. The predicted octanol–water partition coefficient (Wildman–Crippen LogP) is 6.89. The molecule has 0 aliphatic carbocycles. The van der Waals surface area contributed by atoms with Crippen molar-refractivity contribution in [1.82, 2.24) is 0 Å². The van der Waals surface area contributed by atoms with Crippen molar-refractivity contribution < 1.29 is 0 Å². The van der Waals surface area contributed by atoms with E-state index in [0.29, 0.717) is 0 Å². The molecule has 0 saturated heterocycles. The summed E-state index contributed by atoms with van der Waals surface area (Å²) in [6.07, 6.45) is 0. The highest BCUT2D eigenvalue weighted by Crippen LogP contribution is 2.37. The van der Waals surface area contributed by atoms with Gasteiger partial charge in [-0.1, -0.05) is 72.3 Å². The third-order valence-corrected chi connectivity index (χ3v) is 5.01. The summed E-state index contributed by atoms with van der Waals surface area (Å²) < 4.78 is 0. The Kier molecular flexibility index (Phi) is 4.40. The van der Waals surface area contributed by atoms with Gasteiger partial charge in [0.2, 0.25) is 0 Å². The minimum Gasteiger partial charge on any atom is -0.378 e. The van der Waals surface area contributed by atoms with E-state index >= 15 is 0 Å². The number of hydrogen-bond donors (Lipinski definition) is 0. The van der Waals surface area contributed by atoms with Crippen LogP contribution in [0.4, 0.5) is 5.69 Å². The van der Waals surface area contributed by atoms with Crippen molar-refractivity contribution in [1.29, 1.82) is 0 Å². The van der Waals surface area contributed by atoms with Gasteiger partial charge in [-0.3, -0.25) is 0 Å². The Hall–Kier alpha value is -2.77. The predicted molar refractivity (Wildman–Crippen MR) is 114 cm³/mol. The monoisotopic (exact) mass is 357 g/mol. The van der Waals surface area contributed by atoms with Crippen LogP contribution in [-0.4, -0.2) is 14.1 Å². The summed E-state index contributed by atoms with van der Waals surface area (Å²) in [6.45, 7) is 0. The van der Waals surface area contributed by atoms with Gasteiger partial charge in [0.15, 0.2) is 0 Å². The van der Waals surface area contributed by atoms with Crippen LogP contribution >= 0.6 is 11.6 Å². The number of nitrogens with zero attached hydrogens (tertiary/aromatic N) is 1. The van der Waals surface area contributed by atoms with Crippen molar-refractivity contribution in [3.8, 4) is 22.3 Å². The third kappa shape index (κ3) is 3.07. The molecule has 0 amide bonds. The molecule has 0 heterocycles. The molecule has 128 valence electrons. The van der Waals surface area contributed by atoms with E-state index in [0.717, 1.165) is 5.02 Å². The van der Waals surface area contributed by atoms with Gasteiger partial charge < -0.3 is 4.90 Å². The van der Waals surface area contributed by atoms with Crippen LogP contribution in [0.1, 0.15) is 0 Å². The van der Waals surface area contributed by atoms with Crippen LogP contribution < -0.4 is 4.90 Å². The number of benzene rings is 4. The number of halogens is 1. The Balaban J connectivity index is 1.94. The maximum absolute atomic E-state index is 6.08. The molecule has 0 spiro atoms. The number of fused-ring (bicyclic) bond motifs is 1. The third-order valence-electron chi connectivity index (χ3n) is 4.75. The molecule has 1 nitrogen and oxygen atoms in total. The van der Waals surface area contributed by atoms with Crippen LogP contribution in [0.2, 0.25) is 5.02 Å². The largest absolute Gasteiger partial charge is 0.378 e. The van der Waals surface area contributed by atoms with Crippen LogP contribution in [0.15, 0.2) is 84.9 Å². The minimum atomic E-state index is 0.758. The van der Waals surface area contributed by atoms with Gasteiger partial charge in [-0.15, -0.1) is 0 Å². The first-order valence-electron chi connectivity index (χ1n) is 8.69. The van der Waals surface area contributed by atoms with Crippen LogP contribution in [0.5, 0.6) is 0 Å². The fourth-order valence-corrected chi connectivity index (χ4v) is 3.52. The zero-order valence-corrected chi connectivity index (χ0v) is 15.7. The molecule has 4 aromatic rings. The van der Waals surface area contributed by atoms with Crippen LogP contribution in [-0.2, 0) is 0 Å². The zero-order valence-electron chi connectivity index (χ0n) is 14.9. The Labute approximate surface area is 159 Å². The molecule has 0 aromatic heterocycles. The molecule has 0 aliphatic heterocycles. The fourth-order valence-electron chi connectivity index (χ4n) is 3.39. The first-order chi connectivity index (χ1) is 12.6. The van der Waals surface area contributed by atoms with E-state index in [-0.39, 0.29) is 0 Å². The second kappa shape index (κ2) is 6.86. The Bertz CT molecular complexity index is 1040. The summed E-state index contributed by atoms with van der Waals surface area (Å²) in [5, 5.41) is 3.27. The summed E-state index contributed by atoms with van der Waals surface area (Å²) in [6, 6.07) is 29.8. The lowest BCUT2D eigenvalue weighted by Gasteiger charge is -2.15. The van der Waals surface area contributed by atoms with Gasteiger partial charge in [0.1, 0.15) is 0 Å². The molecule has 0 fully saturated rings. The first kappa shape index (κ1) is 16.7. The lowest BCUT2D eigenvalue weighted by molar-refractivity contribution is 1.13. The van der Waals surface area contributed by atoms with E-state index in [1.165, 1.54) is 38.7 Å². The molecule has 0 aliphatic rings. The fraction of sp³-hybridized carbons (Fsp3) is 0.0833. The highest BCUT2D eigenvalue weighted by molar-refractivity contribution is 6.30. The Morgan fingerprint density at radius 3 is 1.62 bits per heavy atom. The number of anilines is 1. The number of hydrogen-bond acceptors (Lipinski definition) is 1. The summed E-state index contributed by atoms with van der Waals surface area (Å²) in [4.78, 5) is 2.12. The van der Waals surface area contributed by atoms with Crippen molar-refractivity contribution in [3.63, 3.8) is 0 Å². The maximum atomic E-state index is 6.08. The second-order valence-electron chi connectivity index (χ2n) is 6.66. The molecule has 2 heteroatoms. The highest BCUT2D eigenvalue weighted by atomic mass is 35.5. The summed E-state index contributed by atoms with van der Waals surface area (Å²) in [5.41, 5.74) is 6.08. The molecular formula is C24H20ClN. The van der Waals surface area contributed by atoms with Crippen molar-refractivity contribution >= 4 is 28.1 Å². The molecule has 0 N–H and O–H groups in total. The van der Waals surface area contributed by atoms with Crippen LogP contribution in [0, 0.1) is 0 Å². The van der Waals surface area contributed by atoms with Gasteiger partial charge in [0.05, 0.1) is 0 Å². The van der Waals surface area contributed by atoms with E-state index in [2.05, 4.69) is 91.8 Å². The number of rotatable bonds is 3. The molecule has 0 unspecified atom stereocenters. The summed E-state index contributed by atoms with van der Waals surface area (Å²) in [7, 11) is 4.12. The van der Waals surface area contributed by atoms with E-state index in [9.17, 15) is 0 Å². The van der Waals surface area contributed by atoms with Gasteiger partial charge in [-0.2, -0.15) is 0 Å². The lowest BCUT2D eigenvalue weighted by atomic mass is 9.91. The van der Waals surface area contributed by atoms with E-state index in [4.69, 9.17) is 11.6 Å². The average molecular weight is 358 g/mol. The smallest absolute Gasteiger partial charge is 0.0406 e. The highest BCUT2D eigenvalue weighted by Gasteiger charge is 2.10. The topological polar surface area (TPSA) is 3.24 Å². The Morgan fingerprint density at radius 1 is 0.615 bits per heavy atom. The van der Waals surface area contributed by atoms with Gasteiger partial charge in [-0.25, -0.2) is 0 Å². The molecule has 0 radical (unpaired) electrons. The van der Waals surface area contributed by atoms with Crippen molar-refractivity contribution in [3.05, 3.63) is 90.0 Å². The van der Waals surface area contributed by atoms with E-state index < -0.39 is 0 Å². The average Bonchev–Trinajstić information content (AvgIpc) is 2.68. The van der Waals surface area contributed by atoms with Gasteiger partial charge in [0, 0.05) is 24.8 Å². The van der Waals surface area contributed by atoms with Crippen molar-refractivity contribution in [2.24, 2.45) is 0 Å². The van der Waals surface area contributed by atoms with Gasteiger partial charge in [-0.05, 0) is 57.3 Å².